The number of aryl methyl sites for hydroxylation is 1. The molecule has 6 rings (SSSR count). The minimum absolute atomic E-state index is 0.217. The highest BCUT2D eigenvalue weighted by atomic mass is 32.1. The number of hydrazine groups is 1. The van der Waals surface area contributed by atoms with Crippen LogP contribution in [-0.2, 0) is 16.0 Å². The Balaban J connectivity index is 1.26. The van der Waals surface area contributed by atoms with E-state index in [-0.39, 0.29) is 5.78 Å². The molecule has 0 radical (unpaired) electrons. The fourth-order valence-corrected chi connectivity index (χ4v) is 6.83. The van der Waals surface area contributed by atoms with E-state index < -0.39 is 6.03 Å². The number of hydrogen-bond acceptors (Lipinski definition) is 8. The number of thiophene rings is 1. The molecule has 2 fully saturated rings. The van der Waals surface area contributed by atoms with Crippen molar-refractivity contribution >= 4 is 40.9 Å². The second kappa shape index (κ2) is 10.9. The minimum atomic E-state index is -0.419. The maximum atomic E-state index is 13.8. The molecule has 4 heterocycles. The lowest BCUT2D eigenvalue weighted by atomic mass is 10.1. The normalized spacial score (nSPS) is 19.1. The number of amides is 3. The molecule has 1 aliphatic carbocycles. The SMILES string of the molecule is CN1CCCC1CCc1cc(NC=O)c(-c2[nH]nc3c2C(=O)c2c(NC(=O)NN4CCOCC4)cccc2-3)s1. The summed E-state index contributed by atoms with van der Waals surface area (Å²) < 4.78 is 5.32. The second-order valence-electron chi connectivity index (χ2n) is 10.1. The molecule has 3 amide bonds. The van der Waals surface area contributed by atoms with E-state index in [0.717, 1.165) is 29.1 Å². The van der Waals surface area contributed by atoms with Crippen molar-refractivity contribution in [3.8, 4) is 21.8 Å². The maximum Gasteiger partial charge on any atom is 0.333 e. The zero-order valence-electron chi connectivity index (χ0n) is 21.7. The van der Waals surface area contributed by atoms with Crippen molar-refractivity contribution in [3.05, 3.63) is 40.3 Å². The van der Waals surface area contributed by atoms with Gasteiger partial charge in [-0.05, 0) is 51.4 Å². The van der Waals surface area contributed by atoms with E-state index >= 15 is 0 Å². The zero-order chi connectivity index (χ0) is 26.9. The summed E-state index contributed by atoms with van der Waals surface area (Å²) in [5.41, 5.74) is 6.53. The molecule has 3 aliphatic rings. The van der Waals surface area contributed by atoms with E-state index in [9.17, 15) is 14.4 Å². The maximum absolute atomic E-state index is 13.8. The number of carbonyl (C=O) groups excluding carboxylic acids is 3. The van der Waals surface area contributed by atoms with Gasteiger partial charge in [-0.1, -0.05) is 12.1 Å². The number of aromatic nitrogens is 2. The van der Waals surface area contributed by atoms with Crippen LogP contribution in [-0.4, -0.2) is 84.3 Å². The number of H-pyrrole nitrogens is 1. The summed E-state index contributed by atoms with van der Waals surface area (Å²) in [6.07, 6.45) is 5.02. The number of rotatable bonds is 8. The molecule has 0 bridgehead atoms. The van der Waals surface area contributed by atoms with E-state index in [1.807, 2.05) is 12.1 Å². The van der Waals surface area contributed by atoms with E-state index in [0.29, 0.717) is 78.2 Å². The Bertz CT molecular complexity index is 1410. The van der Waals surface area contributed by atoms with Crippen molar-refractivity contribution in [1.82, 2.24) is 25.5 Å². The van der Waals surface area contributed by atoms with Crippen LogP contribution in [0.3, 0.4) is 0 Å². The summed E-state index contributed by atoms with van der Waals surface area (Å²) in [4.78, 5) is 42.2. The van der Waals surface area contributed by atoms with E-state index in [2.05, 4.69) is 38.2 Å². The molecular weight excluding hydrogens is 518 g/mol. The molecule has 2 aromatic heterocycles. The van der Waals surface area contributed by atoms with Crippen molar-refractivity contribution in [3.63, 3.8) is 0 Å². The molecule has 1 atom stereocenters. The molecule has 3 aromatic rings. The number of urea groups is 1. The lowest BCUT2D eigenvalue weighted by molar-refractivity contribution is -0.105. The highest BCUT2D eigenvalue weighted by molar-refractivity contribution is 7.16. The highest BCUT2D eigenvalue weighted by Gasteiger charge is 2.36. The van der Waals surface area contributed by atoms with Crippen LogP contribution in [0.1, 0.15) is 40.1 Å². The number of nitrogens with zero attached hydrogens (tertiary/aromatic N) is 3. The Labute approximate surface area is 229 Å². The molecule has 0 saturated carbocycles. The van der Waals surface area contributed by atoms with Gasteiger partial charge in [-0.15, -0.1) is 11.3 Å². The van der Waals surface area contributed by atoms with Crippen molar-refractivity contribution in [2.75, 3.05) is 50.5 Å². The second-order valence-corrected chi connectivity index (χ2v) is 11.2. The van der Waals surface area contributed by atoms with Gasteiger partial charge in [0.25, 0.3) is 0 Å². The number of anilines is 2. The van der Waals surface area contributed by atoms with Crippen molar-refractivity contribution in [2.45, 2.75) is 31.7 Å². The van der Waals surface area contributed by atoms with Crippen LogP contribution < -0.4 is 16.1 Å². The Morgan fingerprint density at radius 1 is 1.23 bits per heavy atom. The number of morpholine rings is 1. The number of likely N-dealkylation sites (tertiary alicyclic amines) is 1. The van der Waals surface area contributed by atoms with Gasteiger partial charge in [-0.25, -0.2) is 9.80 Å². The van der Waals surface area contributed by atoms with Crippen LogP contribution in [0.25, 0.3) is 21.8 Å². The van der Waals surface area contributed by atoms with Crippen molar-refractivity contribution in [2.24, 2.45) is 0 Å². The molecule has 2 saturated heterocycles. The first-order valence-electron chi connectivity index (χ1n) is 13.2. The number of fused-ring (bicyclic) bond motifs is 3. The van der Waals surface area contributed by atoms with Crippen molar-refractivity contribution < 1.29 is 19.1 Å². The summed E-state index contributed by atoms with van der Waals surface area (Å²) in [5.74, 6) is -0.217. The largest absolute Gasteiger partial charge is 0.379 e. The number of carbonyl (C=O) groups is 3. The number of ketones is 1. The minimum Gasteiger partial charge on any atom is -0.379 e. The van der Waals surface area contributed by atoms with Crippen LogP contribution in [0.4, 0.5) is 16.2 Å². The third-order valence-electron chi connectivity index (χ3n) is 7.68. The topological polar surface area (TPSA) is 132 Å². The van der Waals surface area contributed by atoms with Crippen LogP contribution in [0.2, 0.25) is 0 Å². The molecule has 204 valence electrons. The van der Waals surface area contributed by atoms with E-state index in [1.165, 1.54) is 12.8 Å². The van der Waals surface area contributed by atoms with Crippen LogP contribution in [0.5, 0.6) is 0 Å². The standard InChI is InChI=1S/C27H31N7O4S/c1-33-9-3-4-16(33)7-8-17-14-20(28-15-35)26(39-17)24-22-23(30-31-24)18-5-2-6-19(21(18)25(22)36)29-27(37)32-34-10-12-38-13-11-34/h2,5-6,14-16H,3-4,7-13H2,1H3,(H,28,35)(H,30,31)(H2,29,32,37). The summed E-state index contributed by atoms with van der Waals surface area (Å²) in [5, 5.41) is 15.0. The fourth-order valence-electron chi connectivity index (χ4n) is 5.69. The third kappa shape index (κ3) is 4.96. The fraction of sp³-hybridized carbons (Fsp3) is 0.407. The quantitative estimate of drug-likeness (QED) is 0.248. The van der Waals surface area contributed by atoms with Crippen LogP contribution >= 0.6 is 11.3 Å². The predicted molar refractivity (Wildman–Crippen MR) is 149 cm³/mol. The molecule has 1 unspecified atom stereocenters. The van der Waals surface area contributed by atoms with Gasteiger partial charge in [0.2, 0.25) is 6.41 Å². The van der Waals surface area contributed by atoms with Gasteiger partial charge in [-0.3, -0.25) is 20.1 Å². The van der Waals surface area contributed by atoms with Gasteiger partial charge in [0, 0.05) is 29.6 Å². The Hall–Kier alpha value is -3.58. The molecule has 0 spiro atoms. The number of nitrogens with one attached hydrogen (secondary N) is 4. The lowest BCUT2D eigenvalue weighted by Gasteiger charge is -2.27. The van der Waals surface area contributed by atoms with Gasteiger partial charge in [0.15, 0.2) is 5.78 Å². The Morgan fingerprint density at radius 3 is 2.85 bits per heavy atom. The lowest BCUT2D eigenvalue weighted by Crippen LogP contribution is -2.49. The molecule has 11 nitrogen and oxygen atoms in total. The summed E-state index contributed by atoms with van der Waals surface area (Å²) in [7, 11) is 2.17. The number of benzene rings is 1. The predicted octanol–water partition coefficient (Wildman–Crippen LogP) is 3.31. The van der Waals surface area contributed by atoms with E-state index in [1.54, 1.807) is 28.5 Å². The third-order valence-corrected chi connectivity index (χ3v) is 8.89. The molecular formula is C27H31N7O4S. The number of ether oxygens (including phenoxy) is 1. The number of hydrogen-bond donors (Lipinski definition) is 4. The first kappa shape index (κ1) is 25.7. The average Bonchev–Trinajstić information content (AvgIpc) is 3.70. The summed E-state index contributed by atoms with van der Waals surface area (Å²) in [6, 6.07) is 7.48. The van der Waals surface area contributed by atoms with Gasteiger partial charge in [-0.2, -0.15) is 5.10 Å². The van der Waals surface area contributed by atoms with Gasteiger partial charge in [0.1, 0.15) is 5.69 Å². The van der Waals surface area contributed by atoms with Gasteiger partial charge in [0.05, 0.1) is 46.3 Å². The van der Waals surface area contributed by atoms with E-state index in [4.69, 9.17) is 4.74 Å². The Morgan fingerprint density at radius 2 is 2.08 bits per heavy atom. The highest BCUT2D eigenvalue weighted by Crippen LogP contribution is 2.46. The monoisotopic (exact) mass is 549 g/mol. The molecule has 12 heteroatoms. The molecule has 4 N–H and O–H groups in total. The average molecular weight is 550 g/mol. The van der Waals surface area contributed by atoms with Crippen LogP contribution in [0.15, 0.2) is 24.3 Å². The van der Waals surface area contributed by atoms with Crippen LogP contribution in [0, 0.1) is 0 Å². The molecule has 1 aromatic carbocycles. The van der Waals surface area contributed by atoms with Gasteiger partial charge < -0.3 is 20.3 Å². The van der Waals surface area contributed by atoms with Crippen molar-refractivity contribution in [1.29, 1.82) is 0 Å². The van der Waals surface area contributed by atoms with Gasteiger partial charge >= 0.3 is 6.03 Å². The summed E-state index contributed by atoms with van der Waals surface area (Å²) in [6.45, 7) is 3.41. The molecule has 2 aliphatic heterocycles. The first-order valence-corrected chi connectivity index (χ1v) is 14.1. The first-order chi connectivity index (χ1) is 19.0. The summed E-state index contributed by atoms with van der Waals surface area (Å²) >= 11 is 1.56. The Kier molecular flexibility index (Phi) is 7.17. The number of aromatic amines is 1. The zero-order valence-corrected chi connectivity index (χ0v) is 22.5. The smallest absolute Gasteiger partial charge is 0.333 e. The molecule has 39 heavy (non-hydrogen) atoms.